The van der Waals surface area contributed by atoms with Gasteiger partial charge in [0, 0.05) is 17.4 Å². The van der Waals surface area contributed by atoms with Gasteiger partial charge >= 0.3 is 0 Å². The van der Waals surface area contributed by atoms with Crippen LogP contribution in [-0.4, -0.2) is 12.1 Å². The summed E-state index contributed by atoms with van der Waals surface area (Å²) in [5.41, 5.74) is 8.22. The summed E-state index contributed by atoms with van der Waals surface area (Å²) in [6.07, 6.45) is 1.74. The van der Waals surface area contributed by atoms with Crippen LogP contribution in [0.3, 0.4) is 0 Å². The fourth-order valence-corrected chi connectivity index (χ4v) is 1.46. The van der Waals surface area contributed by atoms with Crippen molar-refractivity contribution in [2.24, 2.45) is 0 Å². The molecule has 0 saturated carbocycles. The lowest BCUT2D eigenvalue weighted by Crippen LogP contribution is -1.91. The summed E-state index contributed by atoms with van der Waals surface area (Å²) in [4.78, 5) is 4.28. The molecule has 1 heterocycles. The molecule has 1 aromatic heterocycles. The van der Waals surface area contributed by atoms with Crippen molar-refractivity contribution < 1.29 is 4.74 Å². The molecule has 0 fully saturated rings. The van der Waals surface area contributed by atoms with Crippen LogP contribution >= 0.6 is 0 Å². The Labute approximate surface area is 88.5 Å². The molecule has 15 heavy (non-hydrogen) atoms. The first kappa shape index (κ1) is 9.52. The average molecular weight is 200 g/mol. The molecule has 0 saturated heterocycles. The molecule has 76 valence electrons. The van der Waals surface area contributed by atoms with E-state index in [1.165, 1.54) is 0 Å². The minimum atomic E-state index is 0.722. The summed E-state index contributed by atoms with van der Waals surface area (Å²) in [5.74, 6) is 0.753. The highest BCUT2D eigenvalue weighted by atomic mass is 16.5. The maximum Gasteiger partial charge on any atom is 0.145 e. The maximum atomic E-state index is 5.72. The standard InChI is InChI=1S/C12H12N2O/c1-15-11-6-3-7-14-12(11)9-4-2-5-10(13)8-9/h2-8H,13H2,1H3. The van der Waals surface area contributed by atoms with Crippen LogP contribution in [0.4, 0.5) is 5.69 Å². The first-order valence-corrected chi connectivity index (χ1v) is 4.66. The zero-order valence-corrected chi connectivity index (χ0v) is 8.47. The molecule has 0 spiro atoms. The van der Waals surface area contributed by atoms with E-state index in [1.54, 1.807) is 13.3 Å². The van der Waals surface area contributed by atoms with Crippen LogP contribution in [0.25, 0.3) is 11.3 Å². The zero-order chi connectivity index (χ0) is 10.7. The van der Waals surface area contributed by atoms with Crippen LogP contribution in [0.15, 0.2) is 42.6 Å². The Kier molecular flexibility index (Phi) is 2.54. The summed E-state index contributed by atoms with van der Waals surface area (Å²) in [6, 6.07) is 11.3. The SMILES string of the molecule is COc1cccnc1-c1cccc(N)c1. The van der Waals surface area contributed by atoms with E-state index in [-0.39, 0.29) is 0 Å². The van der Waals surface area contributed by atoms with Crippen molar-refractivity contribution in [1.82, 2.24) is 4.98 Å². The van der Waals surface area contributed by atoms with Crippen LogP contribution in [-0.2, 0) is 0 Å². The lowest BCUT2D eigenvalue weighted by molar-refractivity contribution is 0.415. The van der Waals surface area contributed by atoms with Gasteiger partial charge in [-0.3, -0.25) is 4.98 Å². The lowest BCUT2D eigenvalue weighted by atomic mass is 10.1. The number of nitrogens with zero attached hydrogens (tertiary/aromatic N) is 1. The molecular weight excluding hydrogens is 188 g/mol. The van der Waals surface area contributed by atoms with E-state index in [2.05, 4.69) is 4.98 Å². The van der Waals surface area contributed by atoms with Gasteiger partial charge in [0.2, 0.25) is 0 Å². The molecular formula is C12H12N2O. The second-order valence-corrected chi connectivity index (χ2v) is 3.18. The highest BCUT2D eigenvalue weighted by Gasteiger charge is 2.05. The third kappa shape index (κ3) is 1.91. The molecule has 0 unspecified atom stereocenters. The van der Waals surface area contributed by atoms with Gasteiger partial charge in [0.25, 0.3) is 0 Å². The third-order valence-corrected chi connectivity index (χ3v) is 2.15. The van der Waals surface area contributed by atoms with Crippen LogP contribution in [0, 0.1) is 0 Å². The smallest absolute Gasteiger partial charge is 0.145 e. The number of anilines is 1. The highest BCUT2D eigenvalue weighted by molar-refractivity contribution is 5.69. The second kappa shape index (κ2) is 4.00. The zero-order valence-electron chi connectivity index (χ0n) is 8.47. The van der Waals surface area contributed by atoms with Crippen molar-refractivity contribution in [3.05, 3.63) is 42.6 Å². The van der Waals surface area contributed by atoms with Crippen LogP contribution in [0.2, 0.25) is 0 Å². The van der Waals surface area contributed by atoms with Crippen molar-refractivity contribution >= 4 is 5.69 Å². The Morgan fingerprint density at radius 1 is 1.20 bits per heavy atom. The van der Waals surface area contributed by atoms with Gasteiger partial charge in [-0.05, 0) is 24.3 Å². The lowest BCUT2D eigenvalue weighted by Gasteiger charge is -2.07. The number of rotatable bonds is 2. The summed E-state index contributed by atoms with van der Waals surface area (Å²) in [5, 5.41) is 0. The molecule has 0 radical (unpaired) electrons. The normalized spacial score (nSPS) is 9.93. The monoisotopic (exact) mass is 200 g/mol. The first-order valence-electron chi connectivity index (χ1n) is 4.66. The Morgan fingerprint density at radius 3 is 2.80 bits per heavy atom. The van der Waals surface area contributed by atoms with Gasteiger partial charge in [-0.1, -0.05) is 12.1 Å². The molecule has 1 aromatic carbocycles. The number of ether oxygens (including phenoxy) is 1. The van der Waals surface area contributed by atoms with Gasteiger partial charge in [0.15, 0.2) is 0 Å². The number of benzene rings is 1. The average Bonchev–Trinajstić information content (AvgIpc) is 2.29. The van der Waals surface area contributed by atoms with Crippen LogP contribution in [0.1, 0.15) is 0 Å². The summed E-state index contributed by atoms with van der Waals surface area (Å²) < 4.78 is 5.24. The van der Waals surface area contributed by atoms with Gasteiger partial charge in [0.1, 0.15) is 11.4 Å². The molecule has 0 bridgehead atoms. The first-order chi connectivity index (χ1) is 7.31. The van der Waals surface area contributed by atoms with E-state index < -0.39 is 0 Å². The largest absolute Gasteiger partial charge is 0.494 e. The van der Waals surface area contributed by atoms with E-state index >= 15 is 0 Å². The Morgan fingerprint density at radius 2 is 2.07 bits per heavy atom. The third-order valence-electron chi connectivity index (χ3n) is 2.15. The van der Waals surface area contributed by atoms with E-state index in [0.717, 1.165) is 22.7 Å². The van der Waals surface area contributed by atoms with Gasteiger partial charge in [-0.2, -0.15) is 0 Å². The van der Waals surface area contributed by atoms with E-state index in [1.807, 2.05) is 36.4 Å². The molecule has 0 aliphatic carbocycles. The van der Waals surface area contributed by atoms with Gasteiger partial charge in [-0.15, -0.1) is 0 Å². The van der Waals surface area contributed by atoms with Crippen molar-refractivity contribution in [2.75, 3.05) is 12.8 Å². The van der Waals surface area contributed by atoms with Crippen molar-refractivity contribution in [1.29, 1.82) is 0 Å². The number of nitrogen functional groups attached to an aromatic ring is 1. The quantitative estimate of drug-likeness (QED) is 0.757. The van der Waals surface area contributed by atoms with Gasteiger partial charge < -0.3 is 10.5 Å². The van der Waals surface area contributed by atoms with E-state index in [4.69, 9.17) is 10.5 Å². The Hall–Kier alpha value is -2.03. The van der Waals surface area contributed by atoms with Crippen LogP contribution < -0.4 is 10.5 Å². The van der Waals surface area contributed by atoms with Gasteiger partial charge in [0.05, 0.1) is 7.11 Å². The number of nitrogens with two attached hydrogens (primary N) is 1. The molecule has 0 amide bonds. The fraction of sp³-hybridized carbons (Fsp3) is 0.0833. The maximum absolute atomic E-state index is 5.72. The summed E-state index contributed by atoms with van der Waals surface area (Å²) >= 11 is 0. The second-order valence-electron chi connectivity index (χ2n) is 3.18. The van der Waals surface area contributed by atoms with Crippen LogP contribution in [0.5, 0.6) is 5.75 Å². The number of pyridine rings is 1. The van der Waals surface area contributed by atoms with Crippen molar-refractivity contribution in [3.8, 4) is 17.0 Å². The molecule has 0 aliphatic rings. The predicted molar refractivity (Wildman–Crippen MR) is 60.6 cm³/mol. The molecule has 0 aliphatic heterocycles. The fourth-order valence-electron chi connectivity index (χ4n) is 1.46. The van der Waals surface area contributed by atoms with Crippen molar-refractivity contribution in [2.45, 2.75) is 0 Å². The number of hydrogen-bond acceptors (Lipinski definition) is 3. The highest BCUT2D eigenvalue weighted by Crippen LogP contribution is 2.27. The number of aromatic nitrogens is 1. The minimum absolute atomic E-state index is 0.722. The molecule has 3 nitrogen and oxygen atoms in total. The molecule has 3 heteroatoms. The van der Waals surface area contributed by atoms with E-state index in [0.29, 0.717) is 0 Å². The topological polar surface area (TPSA) is 48.1 Å². The van der Waals surface area contributed by atoms with Crippen molar-refractivity contribution in [3.63, 3.8) is 0 Å². The Bertz CT molecular complexity index is 469. The number of hydrogen-bond donors (Lipinski definition) is 1. The number of methoxy groups -OCH3 is 1. The summed E-state index contributed by atoms with van der Waals surface area (Å²) in [7, 11) is 1.63. The minimum Gasteiger partial charge on any atom is -0.494 e. The Balaban J connectivity index is 2.53. The molecule has 0 atom stereocenters. The van der Waals surface area contributed by atoms with E-state index in [9.17, 15) is 0 Å². The summed E-state index contributed by atoms with van der Waals surface area (Å²) in [6.45, 7) is 0. The van der Waals surface area contributed by atoms with Gasteiger partial charge in [-0.25, -0.2) is 0 Å². The molecule has 2 rings (SSSR count). The molecule has 2 N–H and O–H groups in total. The predicted octanol–water partition coefficient (Wildman–Crippen LogP) is 2.34. The molecule has 2 aromatic rings.